The summed E-state index contributed by atoms with van der Waals surface area (Å²) in [5.74, 6) is -0.820. The van der Waals surface area contributed by atoms with Crippen molar-refractivity contribution in [3.63, 3.8) is 0 Å². The molecule has 2 aliphatic heterocycles. The number of nitrogens with one attached hydrogen (secondary N) is 2. The van der Waals surface area contributed by atoms with Gasteiger partial charge in [0.25, 0.3) is 0 Å². The molecule has 3 N–H and O–H groups in total. The molecule has 0 amide bonds. The number of Topliss-reactive ketones (excluding diaryl/α,β-unsaturated/α-hetero) is 2. The number of thioether (sulfide) groups is 2. The average Bonchev–Trinajstić information content (AvgIpc) is 3.09. The summed E-state index contributed by atoms with van der Waals surface area (Å²) in [5.41, 5.74) is 7.12. The summed E-state index contributed by atoms with van der Waals surface area (Å²) in [5, 5.41) is 27.6. The maximum Gasteiger partial charge on any atom is 1.00 e. The van der Waals surface area contributed by atoms with Gasteiger partial charge in [-0.25, -0.2) is 4.79 Å². The standard InChI is InChI=1S/2C23H30N2O3S.2ClH.2Na/c2*1-22(2,3)12-19(26)14-6-8-15(9-7-14)24-16-10-23(4,5)11-17-20(16)29-13-18(25-17)21(27)28;;;;/h2*6-9,18,24H,10-13H2,1-5H3,(H,27,28);2*1H;;/q;;;;2*+1/p-2. The van der Waals surface area contributed by atoms with E-state index in [9.17, 15) is 29.4 Å². The number of benzene rings is 2. The van der Waals surface area contributed by atoms with Crippen LogP contribution in [0.3, 0.4) is 0 Å². The normalized spacial score (nSPS) is 19.9. The number of hydrogen-bond donors (Lipinski definition) is 3. The third kappa shape index (κ3) is 17.0. The summed E-state index contributed by atoms with van der Waals surface area (Å²) in [6, 6.07) is 13.8. The van der Waals surface area contributed by atoms with Gasteiger partial charge in [0.2, 0.25) is 0 Å². The molecule has 0 saturated heterocycles. The molecule has 10 nitrogen and oxygen atoms in total. The van der Waals surface area contributed by atoms with Crippen molar-refractivity contribution in [1.82, 2.24) is 0 Å². The van der Waals surface area contributed by atoms with Gasteiger partial charge in [0.1, 0.15) is 0 Å². The van der Waals surface area contributed by atoms with Gasteiger partial charge in [0, 0.05) is 68.1 Å². The minimum Gasteiger partial charge on any atom is -1.00 e. The Labute approximate surface area is 433 Å². The number of halogens is 2. The van der Waals surface area contributed by atoms with E-state index in [1.165, 1.54) is 11.8 Å². The fourth-order valence-corrected chi connectivity index (χ4v) is 9.68. The van der Waals surface area contributed by atoms with Gasteiger partial charge >= 0.3 is 65.1 Å². The molecule has 2 atom stereocenters. The molecule has 62 heavy (non-hydrogen) atoms. The largest absolute Gasteiger partial charge is 1.00 e. The molecule has 2 unspecified atom stereocenters. The number of aliphatic imine (C=N–C) groups is 2. The van der Waals surface area contributed by atoms with E-state index in [0.717, 1.165) is 80.8 Å². The van der Waals surface area contributed by atoms with Crippen LogP contribution in [0.5, 0.6) is 0 Å². The number of carbonyl (C=O) groups excluding carboxylic acids is 3. The van der Waals surface area contributed by atoms with Crippen LogP contribution >= 0.6 is 35.9 Å². The van der Waals surface area contributed by atoms with Crippen molar-refractivity contribution in [2.24, 2.45) is 31.6 Å². The minimum atomic E-state index is -1.11. The van der Waals surface area contributed by atoms with Crippen LogP contribution in [0.4, 0.5) is 11.4 Å². The molecular formula is C46H60Cl2N4Na2O6S2. The first-order chi connectivity index (χ1) is 26.9. The number of fused-ring (bicyclic) bond motifs is 2. The van der Waals surface area contributed by atoms with Crippen molar-refractivity contribution in [2.45, 2.75) is 120 Å². The number of nitrogens with zero attached hydrogens (tertiary/aromatic N) is 2. The van der Waals surface area contributed by atoms with Crippen molar-refractivity contribution in [3.05, 3.63) is 80.9 Å². The van der Waals surface area contributed by atoms with Crippen molar-refractivity contribution in [1.29, 1.82) is 0 Å². The van der Waals surface area contributed by atoms with Crippen LogP contribution in [0.25, 0.3) is 0 Å². The van der Waals surface area contributed by atoms with Gasteiger partial charge in [-0.1, -0.05) is 69.2 Å². The van der Waals surface area contributed by atoms with E-state index in [4.69, 9.17) is 0 Å². The summed E-state index contributed by atoms with van der Waals surface area (Å²) in [7, 11) is 0. The minimum absolute atomic E-state index is 0. The Morgan fingerprint density at radius 2 is 1.00 bits per heavy atom. The Morgan fingerprint density at radius 3 is 1.32 bits per heavy atom. The fourth-order valence-electron chi connectivity index (χ4n) is 7.43. The second-order valence-electron chi connectivity index (χ2n) is 19.8. The van der Waals surface area contributed by atoms with E-state index in [1.54, 1.807) is 11.8 Å². The predicted molar refractivity (Wildman–Crippen MR) is 244 cm³/mol. The first kappa shape index (κ1) is 58.4. The summed E-state index contributed by atoms with van der Waals surface area (Å²) < 4.78 is 0. The number of allylic oxidation sites excluding steroid dienone is 4. The van der Waals surface area contributed by atoms with E-state index in [1.807, 2.05) is 48.5 Å². The van der Waals surface area contributed by atoms with Gasteiger partial charge in [0.05, 0.1) is 23.4 Å². The quantitative estimate of drug-likeness (QED) is 0.231. The van der Waals surface area contributed by atoms with Gasteiger partial charge < -0.3 is 38.0 Å². The van der Waals surface area contributed by atoms with Crippen molar-refractivity contribution in [2.75, 3.05) is 22.1 Å². The number of aliphatic carboxylic acids is 2. The van der Waals surface area contributed by atoms with E-state index < -0.39 is 24.0 Å². The van der Waals surface area contributed by atoms with Crippen LogP contribution in [0.2, 0.25) is 0 Å². The second-order valence-corrected chi connectivity index (χ2v) is 21.9. The number of anilines is 2. The van der Waals surface area contributed by atoms with Gasteiger partial charge in [-0.3, -0.25) is 19.6 Å². The average molecular weight is 946 g/mol. The Bertz CT molecular complexity index is 1930. The summed E-state index contributed by atoms with van der Waals surface area (Å²) in [6.07, 6.45) is 4.30. The van der Waals surface area contributed by atoms with Crippen LogP contribution in [-0.2, 0) is 9.59 Å². The van der Waals surface area contributed by atoms with Crippen LogP contribution in [0.1, 0.15) is 128 Å². The molecule has 2 aromatic carbocycles. The maximum atomic E-state index is 12.4. The molecule has 2 aromatic rings. The molecule has 0 bridgehead atoms. The fraction of sp³-hybridized carbons (Fsp3) is 0.522. The zero-order valence-electron chi connectivity index (χ0n) is 38.4. The summed E-state index contributed by atoms with van der Waals surface area (Å²) in [6.45, 7) is 21.1. The van der Waals surface area contributed by atoms with Crippen LogP contribution in [0, 0.1) is 21.7 Å². The Morgan fingerprint density at radius 1 is 0.661 bits per heavy atom. The molecule has 0 spiro atoms. The number of hydrogen-bond acceptors (Lipinski definition) is 11. The van der Waals surface area contributed by atoms with Gasteiger partial charge in [-0.05, 0) is 95.9 Å². The zero-order chi connectivity index (χ0) is 42.8. The molecule has 0 saturated carbocycles. The predicted octanol–water partition coefficient (Wildman–Crippen LogP) is 0.879. The molecule has 4 aliphatic rings. The Hall–Kier alpha value is -1.58. The topological polar surface area (TPSA) is 160 Å². The summed E-state index contributed by atoms with van der Waals surface area (Å²) >= 11 is 3.11. The van der Waals surface area contributed by atoms with Crippen molar-refractivity contribution in [3.8, 4) is 0 Å². The van der Waals surface area contributed by atoms with Gasteiger partial charge in [0.15, 0.2) is 17.6 Å². The molecule has 328 valence electrons. The number of ketones is 2. The molecule has 0 radical (unpaired) electrons. The van der Waals surface area contributed by atoms with Gasteiger partial charge in [-0.2, -0.15) is 0 Å². The first-order valence-electron chi connectivity index (χ1n) is 20.0. The summed E-state index contributed by atoms with van der Waals surface area (Å²) in [4.78, 5) is 58.5. The Kier molecular flexibility index (Phi) is 22.4. The van der Waals surface area contributed by atoms with Crippen molar-refractivity contribution >= 4 is 82.2 Å². The van der Waals surface area contributed by atoms with E-state index in [2.05, 4.69) is 89.9 Å². The monoisotopic (exact) mass is 944 g/mol. The molecule has 2 aliphatic carbocycles. The SMILES string of the molecule is CC(C)(C)CC(=O)c1ccc(NC2=C3SCC(C(=O)O)N=C3CC(C)(C)C2)cc1.CC(C)(C)CC(=O)c1ccc(NC2=C3SCC(C(=O)[O-])N=C3CC(C)(C)C2)cc1.Cl.[Cl-].[Na+].[Na+]. The number of carboxylic acids is 2. The van der Waals surface area contributed by atoms with Crippen LogP contribution in [-0.4, -0.2) is 63.6 Å². The molecular weight excluding hydrogens is 886 g/mol. The number of carboxylic acid groups (broad SMARTS) is 2. The molecule has 16 heteroatoms. The molecule has 0 fully saturated rings. The third-order valence-electron chi connectivity index (χ3n) is 10.0. The number of carbonyl (C=O) groups is 4. The van der Waals surface area contributed by atoms with Crippen LogP contribution in [0.15, 0.2) is 79.7 Å². The second kappa shape index (κ2) is 23.7. The van der Waals surface area contributed by atoms with E-state index in [0.29, 0.717) is 24.3 Å². The van der Waals surface area contributed by atoms with Crippen molar-refractivity contribution < 1.29 is 101 Å². The van der Waals surface area contributed by atoms with E-state index >= 15 is 0 Å². The molecule has 2 heterocycles. The first-order valence-corrected chi connectivity index (χ1v) is 21.9. The maximum absolute atomic E-state index is 12.4. The van der Waals surface area contributed by atoms with E-state index in [-0.39, 0.29) is 117 Å². The Balaban J connectivity index is 0.000000582. The zero-order valence-corrected chi connectivity index (χ0v) is 45.6. The third-order valence-corrected chi connectivity index (χ3v) is 12.5. The van der Waals surface area contributed by atoms with Gasteiger partial charge in [-0.15, -0.1) is 35.9 Å². The number of rotatable bonds is 10. The smallest absolute Gasteiger partial charge is 1.00 e. The molecule has 6 rings (SSSR count). The van der Waals surface area contributed by atoms with Crippen LogP contribution < -0.4 is 87.3 Å². The molecule has 0 aromatic heterocycles.